The topological polar surface area (TPSA) is 44.4 Å². The third-order valence-corrected chi connectivity index (χ3v) is 7.02. The summed E-state index contributed by atoms with van der Waals surface area (Å²) < 4.78 is 0. The van der Waals surface area contributed by atoms with E-state index in [4.69, 9.17) is 0 Å². The van der Waals surface area contributed by atoms with E-state index in [0.717, 1.165) is 38.5 Å². The number of fused-ring (bicyclic) bond motifs is 2. The molecule has 2 fully saturated rings. The molecule has 4 heteroatoms. The zero-order valence-electron chi connectivity index (χ0n) is 15.9. The smallest absolute Gasteiger partial charge is 0.234 e. The van der Waals surface area contributed by atoms with E-state index in [1.807, 2.05) is 0 Å². The van der Waals surface area contributed by atoms with Crippen LogP contribution in [0.15, 0.2) is 0 Å². The van der Waals surface area contributed by atoms with Crippen LogP contribution in [0.2, 0.25) is 0 Å². The average molecular weight is 324 g/mol. The summed E-state index contributed by atoms with van der Waals surface area (Å²) in [5.74, 6) is 1.60. The number of nitrogens with one attached hydrogen (secondary N) is 2. The molecule has 0 aromatic carbocycles. The average Bonchev–Trinajstić information content (AvgIpc) is 3.06. The SMILES string of the molecule is CCN(CC)CCCNCC(=O)NC1(C)C2CCC(C2)C1(C)C. The first-order valence-corrected chi connectivity index (χ1v) is 9.59. The molecule has 0 aromatic rings. The Morgan fingerprint density at radius 3 is 2.35 bits per heavy atom. The highest BCUT2D eigenvalue weighted by Crippen LogP contribution is 2.61. The molecule has 1 amide bonds. The lowest BCUT2D eigenvalue weighted by molar-refractivity contribution is -0.124. The van der Waals surface area contributed by atoms with Crippen LogP contribution in [0.4, 0.5) is 0 Å². The van der Waals surface area contributed by atoms with Gasteiger partial charge in [-0.05, 0) is 76.0 Å². The van der Waals surface area contributed by atoms with Crippen molar-refractivity contribution in [1.29, 1.82) is 0 Å². The largest absolute Gasteiger partial charge is 0.349 e. The molecule has 2 aliphatic carbocycles. The van der Waals surface area contributed by atoms with Crippen molar-refractivity contribution in [3.63, 3.8) is 0 Å². The Morgan fingerprint density at radius 1 is 1.13 bits per heavy atom. The standard InChI is InChI=1S/C19H37N3O/c1-6-22(7-2)12-8-11-20-14-17(23)21-19(5)16-10-9-15(13-16)18(19,3)4/h15-16,20H,6-14H2,1-5H3,(H,21,23). The molecule has 0 radical (unpaired) electrons. The summed E-state index contributed by atoms with van der Waals surface area (Å²) in [5.41, 5.74) is 0.185. The molecule has 0 spiro atoms. The summed E-state index contributed by atoms with van der Waals surface area (Å²) >= 11 is 0. The molecule has 2 rings (SSSR count). The van der Waals surface area contributed by atoms with Crippen molar-refractivity contribution in [2.75, 3.05) is 32.7 Å². The molecular formula is C19H37N3O. The highest BCUT2D eigenvalue weighted by atomic mass is 16.2. The van der Waals surface area contributed by atoms with E-state index in [0.29, 0.717) is 12.5 Å². The number of hydrogen-bond donors (Lipinski definition) is 2. The van der Waals surface area contributed by atoms with Crippen LogP contribution in [0.1, 0.15) is 60.3 Å². The third-order valence-electron chi connectivity index (χ3n) is 7.02. The van der Waals surface area contributed by atoms with Crippen LogP contribution in [-0.2, 0) is 4.79 Å². The second-order valence-corrected chi connectivity index (χ2v) is 8.24. The molecule has 0 heterocycles. The minimum Gasteiger partial charge on any atom is -0.349 e. The zero-order chi connectivity index (χ0) is 17.1. The number of hydrogen-bond acceptors (Lipinski definition) is 3. The molecule has 23 heavy (non-hydrogen) atoms. The van der Waals surface area contributed by atoms with Crippen molar-refractivity contribution in [3.05, 3.63) is 0 Å². The first-order valence-electron chi connectivity index (χ1n) is 9.59. The third kappa shape index (κ3) is 3.74. The minimum atomic E-state index is -0.0318. The van der Waals surface area contributed by atoms with Crippen LogP contribution < -0.4 is 10.6 Å². The lowest BCUT2D eigenvalue weighted by Crippen LogP contribution is -2.60. The molecule has 3 atom stereocenters. The Bertz CT molecular complexity index is 405. The number of carbonyl (C=O) groups excluding carboxylic acids is 1. The van der Waals surface area contributed by atoms with Crippen LogP contribution in [0.3, 0.4) is 0 Å². The molecule has 2 bridgehead atoms. The molecule has 0 aromatic heterocycles. The van der Waals surface area contributed by atoms with Crippen molar-refractivity contribution in [2.45, 2.75) is 65.8 Å². The maximum Gasteiger partial charge on any atom is 0.234 e. The van der Waals surface area contributed by atoms with E-state index < -0.39 is 0 Å². The van der Waals surface area contributed by atoms with Crippen molar-refractivity contribution < 1.29 is 4.79 Å². The molecule has 2 N–H and O–H groups in total. The summed E-state index contributed by atoms with van der Waals surface area (Å²) in [6.45, 7) is 16.0. The van der Waals surface area contributed by atoms with Gasteiger partial charge in [-0.3, -0.25) is 4.79 Å². The first kappa shape index (κ1) is 18.7. The summed E-state index contributed by atoms with van der Waals surface area (Å²) in [4.78, 5) is 14.8. The summed E-state index contributed by atoms with van der Waals surface area (Å²) in [6.07, 6.45) is 5.01. The van der Waals surface area contributed by atoms with Gasteiger partial charge >= 0.3 is 0 Å². The Balaban J connectivity index is 1.71. The molecule has 0 aliphatic heterocycles. The summed E-state index contributed by atoms with van der Waals surface area (Å²) in [7, 11) is 0. The number of rotatable bonds is 9. The van der Waals surface area contributed by atoms with Gasteiger partial charge in [0.2, 0.25) is 5.91 Å². The van der Waals surface area contributed by atoms with E-state index in [1.165, 1.54) is 19.3 Å². The van der Waals surface area contributed by atoms with Crippen molar-refractivity contribution in [2.24, 2.45) is 17.3 Å². The van der Waals surface area contributed by atoms with E-state index in [1.54, 1.807) is 0 Å². The van der Waals surface area contributed by atoms with E-state index in [2.05, 4.69) is 50.2 Å². The Kier molecular flexibility index (Phi) is 6.12. The fourth-order valence-electron chi connectivity index (χ4n) is 4.88. The number of nitrogens with zero attached hydrogens (tertiary/aromatic N) is 1. The minimum absolute atomic E-state index is 0.0318. The van der Waals surface area contributed by atoms with Crippen LogP contribution >= 0.6 is 0 Å². The van der Waals surface area contributed by atoms with Gasteiger partial charge in [-0.1, -0.05) is 27.7 Å². The van der Waals surface area contributed by atoms with Gasteiger partial charge in [0.25, 0.3) is 0 Å². The fourth-order valence-corrected chi connectivity index (χ4v) is 4.88. The van der Waals surface area contributed by atoms with E-state index >= 15 is 0 Å². The number of carbonyl (C=O) groups is 1. The molecule has 2 aliphatic rings. The quantitative estimate of drug-likeness (QED) is 0.641. The lowest BCUT2D eigenvalue weighted by Gasteiger charge is -2.48. The molecule has 2 saturated carbocycles. The second kappa shape index (κ2) is 7.52. The second-order valence-electron chi connectivity index (χ2n) is 8.24. The van der Waals surface area contributed by atoms with Gasteiger partial charge in [0.05, 0.1) is 6.54 Å². The van der Waals surface area contributed by atoms with Gasteiger partial charge in [-0.15, -0.1) is 0 Å². The Morgan fingerprint density at radius 2 is 1.78 bits per heavy atom. The molecular weight excluding hydrogens is 286 g/mol. The fraction of sp³-hybridized carbons (Fsp3) is 0.947. The van der Waals surface area contributed by atoms with Gasteiger partial charge < -0.3 is 15.5 Å². The maximum atomic E-state index is 12.4. The molecule has 134 valence electrons. The van der Waals surface area contributed by atoms with Crippen LogP contribution in [-0.4, -0.2) is 49.1 Å². The van der Waals surface area contributed by atoms with Crippen LogP contribution in [0.5, 0.6) is 0 Å². The molecule has 0 saturated heterocycles. The van der Waals surface area contributed by atoms with Crippen LogP contribution in [0.25, 0.3) is 0 Å². The summed E-state index contributed by atoms with van der Waals surface area (Å²) in [5, 5.41) is 6.70. The zero-order valence-corrected chi connectivity index (χ0v) is 15.9. The van der Waals surface area contributed by atoms with E-state index in [-0.39, 0.29) is 16.9 Å². The Hall–Kier alpha value is -0.610. The number of amides is 1. The Labute approximate surface area is 142 Å². The van der Waals surface area contributed by atoms with Crippen molar-refractivity contribution >= 4 is 5.91 Å². The highest BCUT2D eigenvalue weighted by Gasteiger charge is 2.60. The first-order chi connectivity index (χ1) is 10.8. The molecule has 3 unspecified atom stereocenters. The summed E-state index contributed by atoms with van der Waals surface area (Å²) in [6, 6.07) is 0. The van der Waals surface area contributed by atoms with Gasteiger partial charge in [0, 0.05) is 5.54 Å². The molecule has 4 nitrogen and oxygen atoms in total. The van der Waals surface area contributed by atoms with Crippen molar-refractivity contribution in [3.8, 4) is 0 Å². The lowest BCUT2D eigenvalue weighted by atomic mass is 9.64. The van der Waals surface area contributed by atoms with Crippen molar-refractivity contribution in [1.82, 2.24) is 15.5 Å². The van der Waals surface area contributed by atoms with Gasteiger partial charge in [0.15, 0.2) is 0 Å². The normalized spacial score (nSPS) is 31.7. The van der Waals surface area contributed by atoms with Gasteiger partial charge in [0.1, 0.15) is 0 Å². The van der Waals surface area contributed by atoms with E-state index in [9.17, 15) is 4.79 Å². The maximum absolute atomic E-state index is 12.4. The highest BCUT2D eigenvalue weighted by molar-refractivity contribution is 5.79. The van der Waals surface area contributed by atoms with Gasteiger partial charge in [-0.25, -0.2) is 0 Å². The predicted octanol–water partition coefficient (Wildman–Crippen LogP) is 2.64. The monoisotopic (exact) mass is 323 g/mol. The predicted molar refractivity (Wildman–Crippen MR) is 96.4 cm³/mol. The van der Waals surface area contributed by atoms with Gasteiger partial charge in [-0.2, -0.15) is 0 Å². The van der Waals surface area contributed by atoms with Crippen LogP contribution in [0, 0.1) is 17.3 Å².